The Hall–Kier alpha value is -3.58. The van der Waals surface area contributed by atoms with Crippen molar-refractivity contribution >= 4 is 50.9 Å². The van der Waals surface area contributed by atoms with Gasteiger partial charge in [-0.2, -0.15) is 10.2 Å². The Labute approximate surface area is 182 Å². The predicted octanol–water partition coefficient (Wildman–Crippen LogP) is 6.06. The fraction of sp³-hybridized carbons (Fsp3) is 0.0435. The predicted molar refractivity (Wildman–Crippen MR) is 120 cm³/mol. The van der Waals surface area contributed by atoms with Gasteiger partial charge in [0.25, 0.3) is 5.91 Å². The average molecular weight is 464 g/mol. The second-order valence-corrected chi connectivity index (χ2v) is 7.04. The van der Waals surface area contributed by atoms with E-state index in [1.54, 1.807) is 30.3 Å². The minimum absolute atomic E-state index is 0.378. The van der Waals surface area contributed by atoms with Crippen LogP contribution in [0.3, 0.4) is 0 Å². The van der Waals surface area contributed by atoms with Crippen molar-refractivity contribution in [3.8, 4) is 0 Å². The second-order valence-electron chi connectivity index (χ2n) is 6.13. The fourth-order valence-corrected chi connectivity index (χ4v) is 2.79. The van der Waals surface area contributed by atoms with Gasteiger partial charge in [0.2, 0.25) is 0 Å². The number of hydrogen-bond donors (Lipinski definition) is 1. The van der Waals surface area contributed by atoms with Crippen molar-refractivity contribution < 1.29 is 14.3 Å². The number of esters is 1. The van der Waals surface area contributed by atoms with Gasteiger partial charge in [0.1, 0.15) is 0 Å². The van der Waals surface area contributed by atoms with E-state index in [9.17, 15) is 9.59 Å². The normalized spacial score (nSPS) is 11.0. The average Bonchev–Trinajstić information content (AvgIpc) is 2.76. The molecule has 1 amide bonds. The molecule has 0 fully saturated rings. The summed E-state index contributed by atoms with van der Waals surface area (Å²) in [6, 6.07) is 23.7. The van der Waals surface area contributed by atoms with Gasteiger partial charge in [0, 0.05) is 16.2 Å². The highest BCUT2D eigenvalue weighted by Gasteiger charge is 2.06. The van der Waals surface area contributed by atoms with E-state index < -0.39 is 11.9 Å². The van der Waals surface area contributed by atoms with E-state index in [-0.39, 0.29) is 6.61 Å². The summed E-state index contributed by atoms with van der Waals surface area (Å²) in [6.45, 7) is -0.378. The molecule has 0 aliphatic rings. The van der Waals surface area contributed by atoms with Crippen LogP contribution in [-0.4, -0.2) is 18.5 Å². The molecule has 0 unspecified atom stereocenters. The molecule has 0 aliphatic heterocycles. The zero-order chi connectivity index (χ0) is 21.2. The number of azo groups is 1. The Morgan fingerprint density at radius 2 is 1.60 bits per heavy atom. The SMILES string of the molecule is O=C(COC(=O)/C=C/c1cccc(Br)c1)Nc1ccc(N=Nc2ccccc2)cc1. The van der Waals surface area contributed by atoms with E-state index in [4.69, 9.17) is 4.74 Å². The molecule has 150 valence electrons. The van der Waals surface area contributed by atoms with Crippen molar-refractivity contribution in [3.63, 3.8) is 0 Å². The number of rotatable bonds is 7. The van der Waals surface area contributed by atoms with Gasteiger partial charge in [-0.25, -0.2) is 4.79 Å². The van der Waals surface area contributed by atoms with Crippen LogP contribution in [0.15, 0.2) is 99.6 Å². The van der Waals surface area contributed by atoms with Crippen molar-refractivity contribution in [1.29, 1.82) is 0 Å². The molecule has 3 rings (SSSR count). The number of hydrogen-bond acceptors (Lipinski definition) is 5. The van der Waals surface area contributed by atoms with Gasteiger partial charge in [-0.1, -0.05) is 46.3 Å². The largest absolute Gasteiger partial charge is 0.452 e. The summed E-state index contributed by atoms with van der Waals surface area (Å²) in [7, 11) is 0. The van der Waals surface area contributed by atoms with E-state index >= 15 is 0 Å². The van der Waals surface area contributed by atoms with E-state index in [1.807, 2.05) is 54.6 Å². The standard InChI is InChI=1S/C23H18BrN3O3/c24-18-6-4-5-17(15-18)9-14-23(29)30-16-22(28)25-19-10-12-21(13-11-19)27-26-20-7-2-1-3-8-20/h1-15H,16H2,(H,25,28)/b14-9+,27-26?. The summed E-state index contributed by atoms with van der Waals surface area (Å²) in [5.74, 6) is -1.03. The van der Waals surface area contributed by atoms with Crippen LogP contribution in [0, 0.1) is 0 Å². The van der Waals surface area contributed by atoms with Crippen LogP contribution >= 0.6 is 15.9 Å². The van der Waals surface area contributed by atoms with Crippen LogP contribution in [0.5, 0.6) is 0 Å². The molecule has 1 N–H and O–H groups in total. The first-order valence-corrected chi connectivity index (χ1v) is 9.85. The summed E-state index contributed by atoms with van der Waals surface area (Å²) in [5, 5.41) is 10.9. The van der Waals surface area contributed by atoms with Crippen LogP contribution < -0.4 is 5.32 Å². The minimum Gasteiger partial charge on any atom is -0.452 e. The Morgan fingerprint density at radius 3 is 2.30 bits per heavy atom. The summed E-state index contributed by atoms with van der Waals surface area (Å²) < 4.78 is 5.86. The Kier molecular flexibility index (Phi) is 7.63. The molecule has 0 spiro atoms. The molecule has 0 radical (unpaired) electrons. The summed E-state index contributed by atoms with van der Waals surface area (Å²) >= 11 is 3.36. The van der Waals surface area contributed by atoms with Gasteiger partial charge in [0.05, 0.1) is 11.4 Å². The highest BCUT2D eigenvalue weighted by molar-refractivity contribution is 9.10. The number of nitrogens with zero attached hydrogens (tertiary/aromatic N) is 2. The van der Waals surface area contributed by atoms with Crippen molar-refractivity contribution in [1.82, 2.24) is 0 Å². The van der Waals surface area contributed by atoms with Crippen molar-refractivity contribution in [2.24, 2.45) is 10.2 Å². The molecule has 7 heteroatoms. The van der Waals surface area contributed by atoms with Gasteiger partial charge in [-0.05, 0) is 60.2 Å². The highest BCUT2D eigenvalue weighted by Crippen LogP contribution is 2.20. The van der Waals surface area contributed by atoms with Crippen LogP contribution in [-0.2, 0) is 14.3 Å². The quantitative estimate of drug-likeness (QED) is 0.262. The molecular weight excluding hydrogens is 446 g/mol. The first-order chi connectivity index (χ1) is 14.6. The van der Waals surface area contributed by atoms with E-state index in [0.29, 0.717) is 11.4 Å². The maximum atomic E-state index is 12.0. The number of ether oxygens (including phenoxy) is 1. The summed E-state index contributed by atoms with van der Waals surface area (Å²) in [4.78, 5) is 23.7. The molecule has 3 aromatic carbocycles. The monoisotopic (exact) mass is 463 g/mol. The van der Waals surface area contributed by atoms with E-state index in [1.165, 1.54) is 6.08 Å². The molecule has 0 saturated heterocycles. The van der Waals surface area contributed by atoms with Gasteiger partial charge >= 0.3 is 5.97 Å². The third-order valence-corrected chi connectivity index (χ3v) is 4.29. The topological polar surface area (TPSA) is 80.1 Å². The maximum absolute atomic E-state index is 12.0. The van der Waals surface area contributed by atoms with Crippen molar-refractivity contribution in [2.75, 3.05) is 11.9 Å². The van der Waals surface area contributed by atoms with Crippen LogP contribution in [0.1, 0.15) is 5.56 Å². The number of anilines is 1. The summed E-state index contributed by atoms with van der Waals surface area (Å²) in [6.07, 6.45) is 2.90. The Balaban J connectivity index is 1.45. The molecule has 0 bridgehead atoms. The molecule has 0 heterocycles. The lowest BCUT2D eigenvalue weighted by Gasteiger charge is -2.05. The minimum atomic E-state index is -0.596. The molecule has 0 saturated carbocycles. The Bertz CT molecular complexity index is 1060. The summed E-state index contributed by atoms with van der Waals surface area (Å²) in [5.41, 5.74) is 2.82. The third-order valence-electron chi connectivity index (χ3n) is 3.79. The number of carbonyl (C=O) groups excluding carboxylic acids is 2. The van der Waals surface area contributed by atoms with Crippen LogP contribution in [0.2, 0.25) is 0 Å². The fourth-order valence-electron chi connectivity index (χ4n) is 2.38. The maximum Gasteiger partial charge on any atom is 0.331 e. The van der Waals surface area contributed by atoms with Gasteiger partial charge in [0.15, 0.2) is 6.61 Å². The van der Waals surface area contributed by atoms with Crippen LogP contribution in [0.4, 0.5) is 17.1 Å². The number of halogens is 1. The zero-order valence-corrected chi connectivity index (χ0v) is 17.5. The second kappa shape index (κ2) is 10.8. The van der Waals surface area contributed by atoms with Crippen LogP contribution in [0.25, 0.3) is 6.08 Å². The lowest BCUT2D eigenvalue weighted by atomic mass is 10.2. The zero-order valence-electron chi connectivity index (χ0n) is 15.9. The van der Waals surface area contributed by atoms with Gasteiger partial charge < -0.3 is 10.1 Å². The molecular formula is C23H18BrN3O3. The Morgan fingerprint density at radius 1 is 0.900 bits per heavy atom. The van der Waals surface area contributed by atoms with E-state index in [0.717, 1.165) is 15.7 Å². The molecule has 0 aliphatic carbocycles. The number of nitrogens with one attached hydrogen (secondary N) is 1. The highest BCUT2D eigenvalue weighted by atomic mass is 79.9. The first-order valence-electron chi connectivity index (χ1n) is 9.05. The van der Waals surface area contributed by atoms with Crippen molar-refractivity contribution in [2.45, 2.75) is 0 Å². The molecule has 30 heavy (non-hydrogen) atoms. The lowest BCUT2D eigenvalue weighted by Crippen LogP contribution is -2.20. The van der Waals surface area contributed by atoms with Gasteiger partial charge in [-0.3, -0.25) is 4.79 Å². The molecule has 0 atom stereocenters. The smallest absolute Gasteiger partial charge is 0.331 e. The van der Waals surface area contributed by atoms with Crippen molar-refractivity contribution in [3.05, 3.63) is 95.0 Å². The molecule has 3 aromatic rings. The first kappa shape index (κ1) is 21.1. The lowest BCUT2D eigenvalue weighted by molar-refractivity contribution is -0.142. The van der Waals surface area contributed by atoms with E-state index in [2.05, 4.69) is 31.5 Å². The third kappa shape index (κ3) is 7.10. The van der Waals surface area contributed by atoms with Gasteiger partial charge in [-0.15, -0.1) is 0 Å². The number of amides is 1. The molecule has 6 nitrogen and oxygen atoms in total. The number of carbonyl (C=O) groups is 2. The number of benzene rings is 3. The molecule has 0 aromatic heterocycles.